The summed E-state index contributed by atoms with van der Waals surface area (Å²) in [5.74, 6) is 0.805. The number of amides is 1. The van der Waals surface area contributed by atoms with Gasteiger partial charge in [-0.1, -0.05) is 0 Å². The van der Waals surface area contributed by atoms with Gasteiger partial charge in [-0.15, -0.1) is 24.0 Å². The third-order valence-corrected chi connectivity index (χ3v) is 2.73. The Bertz CT molecular complexity index is 387. The molecule has 0 bridgehead atoms. The van der Waals surface area contributed by atoms with Crippen molar-refractivity contribution >= 4 is 36.0 Å². The van der Waals surface area contributed by atoms with Gasteiger partial charge < -0.3 is 20.7 Å². The maximum Gasteiger partial charge on any atom is 0.408 e. The Hall–Kier alpha value is -0.730. The Morgan fingerprint density at radius 3 is 2.27 bits per heavy atom. The average Bonchev–Trinajstić information content (AvgIpc) is 3.06. The SMILES string of the molecule is CCNC(=NCC(C)(C)NC(=O)OC(C)(C)C)NC1CC1.I. The van der Waals surface area contributed by atoms with Crippen LogP contribution >= 0.6 is 24.0 Å². The zero-order valence-corrected chi connectivity index (χ0v) is 16.9. The largest absolute Gasteiger partial charge is 0.444 e. The van der Waals surface area contributed by atoms with Crippen LogP contribution in [0.2, 0.25) is 0 Å². The molecular weight excluding hydrogens is 395 g/mol. The average molecular weight is 426 g/mol. The highest BCUT2D eigenvalue weighted by Gasteiger charge is 2.25. The molecule has 1 rings (SSSR count). The summed E-state index contributed by atoms with van der Waals surface area (Å²) >= 11 is 0. The van der Waals surface area contributed by atoms with Crippen molar-refractivity contribution in [3.63, 3.8) is 0 Å². The van der Waals surface area contributed by atoms with E-state index < -0.39 is 17.2 Å². The second kappa shape index (κ2) is 8.79. The smallest absolute Gasteiger partial charge is 0.408 e. The quantitative estimate of drug-likeness (QED) is 0.359. The van der Waals surface area contributed by atoms with E-state index in [4.69, 9.17) is 4.74 Å². The lowest BCUT2D eigenvalue weighted by atomic mass is 10.1. The molecule has 0 saturated heterocycles. The number of carbonyl (C=O) groups is 1. The predicted octanol–water partition coefficient (Wildman–Crippen LogP) is 2.63. The highest BCUT2D eigenvalue weighted by Crippen LogP contribution is 2.18. The molecule has 0 aromatic heterocycles. The maximum absolute atomic E-state index is 11.8. The standard InChI is InChI=1S/C15H30N4O2.HI/c1-7-16-12(18-11-8-9-11)17-10-15(5,6)19-13(20)21-14(2,3)4;/h11H,7-10H2,1-6H3,(H,19,20)(H2,16,17,18);1H. The molecule has 1 amide bonds. The number of hydrogen-bond acceptors (Lipinski definition) is 3. The third-order valence-electron chi connectivity index (χ3n) is 2.73. The van der Waals surface area contributed by atoms with Crippen LogP contribution in [0.25, 0.3) is 0 Å². The van der Waals surface area contributed by atoms with Crippen LogP contribution in [0.3, 0.4) is 0 Å². The van der Waals surface area contributed by atoms with E-state index in [1.807, 2.05) is 41.5 Å². The van der Waals surface area contributed by atoms with E-state index in [0.717, 1.165) is 12.5 Å². The van der Waals surface area contributed by atoms with Gasteiger partial charge in [0.25, 0.3) is 0 Å². The highest BCUT2D eigenvalue weighted by atomic mass is 127. The first-order valence-electron chi connectivity index (χ1n) is 7.67. The normalized spacial score (nSPS) is 15.6. The summed E-state index contributed by atoms with van der Waals surface area (Å²) in [5, 5.41) is 9.42. The zero-order chi connectivity index (χ0) is 16.1. The molecule has 1 aliphatic carbocycles. The van der Waals surface area contributed by atoms with Crippen LogP contribution in [0, 0.1) is 0 Å². The number of nitrogens with one attached hydrogen (secondary N) is 3. The van der Waals surface area contributed by atoms with Crippen molar-refractivity contribution in [2.75, 3.05) is 13.1 Å². The first-order chi connectivity index (χ1) is 9.61. The van der Waals surface area contributed by atoms with Crippen LogP contribution in [0.15, 0.2) is 4.99 Å². The molecule has 0 aliphatic heterocycles. The Morgan fingerprint density at radius 1 is 1.23 bits per heavy atom. The summed E-state index contributed by atoms with van der Waals surface area (Å²) < 4.78 is 5.27. The lowest BCUT2D eigenvalue weighted by molar-refractivity contribution is 0.0476. The Balaban J connectivity index is 0.00000441. The van der Waals surface area contributed by atoms with E-state index in [1.165, 1.54) is 12.8 Å². The molecule has 0 unspecified atom stereocenters. The summed E-state index contributed by atoms with van der Waals surface area (Å²) in [6.07, 6.45) is 1.98. The summed E-state index contributed by atoms with van der Waals surface area (Å²) in [6.45, 7) is 12.7. The first kappa shape index (κ1) is 21.3. The second-order valence-electron chi connectivity index (χ2n) is 7.12. The van der Waals surface area contributed by atoms with Gasteiger partial charge in [0.15, 0.2) is 5.96 Å². The minimum Gasteiger partial charge on any atom is -0.444 e. The van der Waals surface area contributed by atoms with Crippen molar-refractivity contribution in [2.24, 2.45) is 4.99 Å². The maximum atomic E-state index is 11.8. The highest BCUT2D eigenvalue weighted by molar-refractivity contribution is 14.0. The molecular formula is C15H31IN4O2. The molecule has 1 aliphatic rings. The number of carbonyl (C=O) groups excluding carboxylic acids is 1. The Labute approximate surface area is 151 Å². The molecule has 6 nitrogen and oxygen atoms in total. The number of guanidine groups is 1. The third kappa shape index (κ3) is 10.1. The molecule has 0 aromatic carbocycles. The van der Waals surface area contributed by atoms with Gasteiger partial charge in [0.1, 0.15) is 5.60 Å². The molecule has 0 atom stereocenters. The molecule has 7 heteroatoms. The number of alkyl carbamates (subject to hydrolysis) is 1. The van der Waals surface area contributed by atoms with Crippen LogP contribution in [-0.4, -0.2) is 42.3 Å². The topological polar surface area (TPSA) is 74.8 Å². The number of hydrogen-bond donors (Lipinski definition) is 3. The number of halogens is 1. The van der Waals surface area contributed by atoms with Gasteiger partial charge in [-0.3, -0.25) is 4.99 Å². The molecule has 22 heavy (non-hydrogen) atoms. The lowest BCUT2D eigenvalue weighted by Crippen LogP contribution is -2.49. The van der Waals surface area contributed by atoms with Crippen molar-refractivity contribution in [1.82, 2.24) is 16.0 Å². The summed E-state index contributed by atoms with van der Waals surface area (Å²) in [7, 11) is 0. The summed E-state index contributed by atoms with van der Waals surface area (Å²) in [6, 6.07) is 0.546. The van der Waals surface area contributed by atoms with Gasteiger partial charge in [-0.2, -0.15) is 0 Å². The van der Waals surface area contributed by atoms with Gasteiger partial charge >= 0.3 is 6.09 Å². The van der Waals surface area contributed by atoms with Gasteiger partial charge in [0.05, 0.1) is 12.1 Å². The van der Waals surface area contributed by atoms with E-state index in [1.54, 1.807) is 0 Å². The van der Waals surface area contributed by atoms with Crippen LogP contribution in [0.5, 0.6) is 0 Å². The molecule has 1 fully saturated rings. The number of nitrogens with zero attached hydrogens (tertiary/aromatic N) is 1. The van der Waals surface area contributed by atoms with Gasteiger partial charge in [0, 0.05) is 12.6 Å². The molecule has 0 spiro atoms. The van der Waals surface area contributed by atoms with Crippen LogP contribution in [-0.2, 0) is 4.74 Å². The van der Waals surface area contributed by atoms with Gasteiger partial charge in [0.2, 0.25) is 0 Å². The number of ether oxygens (including phenoxy) is 1. The van der Waals surface area contributed by atoms with Crippen molar-refractivity contribution in [3.05, 3.63) is 0 Å². The molecule has 1 saturated carbocycles. The van der Waals surface area contributed by atoms with Crippen LogP contribution in [0.4, 0.5) is 4.79 Å². The predicted molar refractivity (Wildman–Crippen MR) is 101 cm³/mol. The van der Waals surface area contributed by atoms with Gasteiger partial charge in [-0.05, 0) is 54.4 Å². The summed E-state index contributed by atoms with van der Waals surface area (Å²) in [5.41, 5.74) is -0.958. The van der Waals surface area contributed by atoms with Crippen LogP contribution < -0.4 is 16.0 Å². The first-order valence-corrected chi connectivity index (χ1v) is 7.67. The van der Waals surface area contributed by atoms with Crippen molar-refractivity contribution in [3.8, 4) is 0 Å². The molecule has 0 heterocycles. The van der Waals surface area contributed by atoms with Crippen molar-refractivity contribution < 1.29 is 9.53 Å². The minimum absolute atomic E-state index is 0. The minimum atomic E-state index is -0.494. The van der Waals surface area contributed by atoms with Crippen molar-refractivity contribution in [2.45, 2.75) is 71.6 Å². The summed E-state index contributed by atoms with van der Waals surface area (Å²) in [4.78, 5) is 16.4. The fraction of sp³-hybridized carbons (Fsp3) is 0.867. The Kier molecular flexibility index (Phi) is 8.49. The fourth-order valence-electron chi connectivity index (χ4n) is 1.64. The van der Waals surface area contributed by atoms with E-state index in [0.29, 0.717) is 12.6 Å². The monoisotopic (exact) mass is 426 g/mol. The van der Waals surface area contributed by atoms with Gasteiger partial charge in [-0.25, -0.2) is 4.79 Å². The van der Waals surface area contributed by atoms with Crippen LogP contribution in [0.1, 0.15) is 54.4 Å². The molecule has 0 aromatic rings. The molecule has 0 radical (unpaired) electrons. The zero-order valence-electron chi connectivity index (χ0n) is 14.6. The van der Waals surface area contributed by atoms with E-state index in [2.05, 4.69) is 20.9 Å². The van der Waals surface area contributed by atoms with E-state index >= 15 is 0 Å². The molecule has 130 valence electrons. The van der Waals surface area contributed by atoms with E-state index in [-0.39, 0.29) is 24.0 Å². The lowest BCUT2D eigenvalue weighted by Gasteiger charge is -2.27. The Morgan fingerprint density at radius 2 is 1.82 bits per heavy atom. The number of aliphatic imine (C=N–C) groups is 1. The van der Waals surface area contributed by atoms with E-state index in [9.17, 15) is 4.79 Å². The number of rotatable bonds is 5. The fourth-order valence-corrected chi connectivity index (χ4v) is 1.64. The van der Waals surface area contributed by atoms with Crippen molar-refractivity contribution in [1.29, 1.82) is 0 Å². The molecule has 3 N–H and O–H groups in total. The second-order valence-corrected chi connectivity index (χ2v) is 7.12.